The number of phenols is 4. The second-order valence-electron chi connectivity index (χ2n) is 17.8. The van der Waals surface area contributed by atoms with Crippen LogP contribution in [0.1, 0.15) is 54.1 Å². The third-order valence-corrected chi connectivity index (χ3v) is 17.1. The number of carboxylic acids is 2. The van der Waals surface area contributed by atoms with Crippen LogP contribution in [0.4, 0.5) is 28.4 Å². The van der Waals surface area contributed by atoms with Gasteiger partial charge in [0.25, 0.3) is 20.0 Å². The number of phenolic OH excluding ortho intramolecular Hbond substituents is 2. The molecular formula is C51H40Li4N4O19S4. The van der Waals surface area contributed by atoms with Gasteiger partial charge in [0.05, 0.1) is 34.3 Å². The maximum atomic E-state index is 13.7. The maximum Gasteiger partial charge on any atom is 1.00 e. The van der Waals surface area contributed by atoms with Crippen LogP contribution in [0.2, 0.25) is 0 Å². The Hall–Kier alpha value is -6.34. The summed E-state index contributed by atoms with van der Waals surface area (Å²) in [6.45, 7) is 9.22. The van der Waals surface area contributed by atoms with Crippen molar-refractivity contribution in [2.45, 2.75) is 61.1 Å². The first kappa shape index (κ1) is 68.2. The molecule has 0 radical (unpaired) electrons. The van der Waals surface area contributed by atoms with E-state index in [0.29, 0.717) is 41.0 Å². The molecular weight excluding hydrogens is 1130 g/mol. The summed E-state index contributed by atoms with van der Waals surface area (Å²) >= 11 is 0. The van der Waals surface area contributed by atoms with Crippen LogP contribution in [-0.4, -0.2) is 75.1 Å². The maximum absolute atomic E-state index is 13.7. The number of carbonyl (C=O) groups is 2. The van der Waals surface area contributed by atoms with Crippen LogP contribution in [0.3, 0.4) is 0 Å². The monoisotopic (exact) mass is 1170 g/mol. The number of hydrogen-bond donors (Lipinski definition) is 8. The molecule has 1 aliphatic heterocycles. The number of carboxylic acid groups (broad SMARTS) is 2. The number of aromatic hydroxyl groups is 4. The zero-order chi connectivity index (χ0) is 57.5. The van der Waals surface area contributed by atoms with Crippen LogP contribution >= 0.6 is 0 Å². The molecule has 0 amide bonds. The summed E-state index contributed by atoms with van der Waals surface area (Å²) in [5.41, 5.74) is -0.376. The molecule has 0 aromatic heterocycles. The molecule has 406 valence electrons. The van der Waals surface area contributed by atoms with E-state index in [-0.39, 0.29) is 154 Å². The summed E-state index contributed by atoms with van der Waals surface area (Å²) in [7, 11) is -20.4. The predicted octanol–water partition coefficient (Wildman–Crippen LogP) is -9.11. The normalized spacial score (nSPS) is 11.9. The van der Waals surface area contributed by atoms with Gasteiger partial charge < -0.3 is 59.1 Å². The Kier molecular flexibility index (Phi) is 20.7. The van der Waals surface area contributed by atoms with Crippen LogP contribution in [-0.2, 0) is 40.3 Å². The van der Waals surface area contributed by atoms with Crippen molar-refractivity contribution in [1.82, 2.24) is 0 Å². The molecule has 6 aromatic rings. The standard InChI is InChI=1S/C51H43N4O19S4.4Li/c1-22-13-24(3)48(54-75(64,65)43-16-31(50(60)61)35(56)20-37(43)58)26(5)46(22)52-28-11-12-29-39(15-28)74-40-19-34(42(78(71,72)73)18-33(40)45(29)30-9-7-8-10-41(30)77(68,69)70)53-47-23(2)14-25(4)49(27(47)6)55-76(66,67)44-17-32(51(62)63)36(57)21-38(44)59;;;;/h7-10,12-21,52,54-59H,1-6H3,(H,60,61)(H,62,63)(H,68,69,70)(H,71,72,73);;;;/q-1;4*+1/p-3. The van der Waals surface area contributed by atoms with Crippen molar-refractivity contribution in [2.75, 3.05) is 14.8 Å². The number of rotatable bonds is 14. The summed E-state index contributed by atoms with van der Waals surface area (Å²) in [5.74, 6) is -8.02. The minimum Gasteiger partial charge on any atom is -0.744 e. The number of benzene rings is 7. The fourth-order valence-electron chi connectivity index (χ4n) is 9.00. The molecule has 6 aromatic carbocycles. The van der Waals surface area contributed by atoms with E-state index >= 15 is 0 Å². The van der Waals surface area contributed by atoms with Crippen LogP contribution < -0.4 is 111 Å². The Balaban J connectivity index is 0.00000361. The third-order valence-electron chi connectivity index (χ3n) is 12.6. The molecule has 2 aliphatic rings. The Morgan fingerprint density at radius 1 is 0.549 bits per heavy atom. The average molecular weight is 1170 g/mol. The Bertz CT molecular complexity index is 4480. The molecule has 0 saturated carbocycles. The van der Waals surface area contributed by atoms with Crippen molar-refractivity contribution in [1.29, 1.82) is 0 Å². The molecule has 8 N–H and O–H groups in total. The molecule has 0 fully saturated rings. The number of anilines is 4. The van der Waals surface area contributed by atoms with Gasteiger partial charge in [0.15, 0.2) is 0 Å². The van der Waals surface area contributed by atoms with E-state index in [1.165, 1.54) is 57.2 Å². The van der Waals surface area contributed by atoms with Gasteiger partial charge in [-0.2, -0.15) is 12.1 Å². The number of aromatic carboxylic acids is 2. The Labute approximate surface area is 517 Å². The van der Waals surface area contributed by atoms with Crippen molar-refractivity contribution in [3.05, 3.63) is 141 Å². The van der Waals surface area contributed by atoms with Crippen molar-refractivity contribution in [2.24, 2.45) is 0 Å². The van der Waals surface area contributed by atoms with Crippen molar-refractivity contribution < 1.29 is 168 Å². The molecule has 0 bridgehead atoms. The van der Waals surface area contributed by atoms with Gasteiger partial charge in [0.2, 0.25) is 11.0 Å². The van der Waals surface area contributed by atoms with Gasteiger partial charge in [-0.3, -0.25) is 9.44 Å². The molecule has 31 heteroatoms. The zero-order valence-electron chi connectivity index (χ0n) is 45.1. The Morgan fingerprint density at radius 3 is 1.52 bits per heavy atom. The van der Waals surface area contributed by atoms with Crippen molar-refractivity contribution in [3.63, 3.8) is 0 Å². The van der Waals surface area contributed by atoms with Crippen molar-refractivity contribution >= 4 is 91.6 Å². The van der Waals surface area contributed by atoms with Gasteiger partial charge in [-0.15, -0.1) is 6.07 Å². The molecule has 82 heavy (non-hydrogen) atoms. The van der Waals surface area contributed by atoms with E-state index in [9.17, 15) is 83.0 Å². The van der Waals surface area contributed by atoms with Crippen molar-refractivity contribution in [3.8, 4) is 45.4 Å². The fraction of sp³-hybridized carbons (Fsp3) is 0.118. The topological polar surface area (TPSA) is 407 Å². The first-order valence-electron chi connectivity index (χ1n) is 22.4. The molecule has 23 nitrogen and oxygen atoms in total. The minimum absolute atomic E-state index is 0. The van der Waals surface area contributed by atoms with Gasteiger partial charge in [-0.25, -0.2) is 38.7 Å². The molecule has 0 unspecified atom stereocenters. The number of fused-ring (bicyclic) bond motifs is 2. The number of aryl methyl sites for hydroxylation is 4. The van der Waals surface area contributed by atoms with E-state index < -0.39 is 111 Å². The molecule has 8 rings (SSSR count). The van der Waals surface area contributed by atoms with Gasteiger partial charge in [-0.1, -0.05) is 40.9 Å². The second-order valence-corrected chi connectivity index (χ2v) is 23.8. The zero-order valence-corrected chi connectivity index (χ0v) is 48.4. The van der Waals surface area contributed by atoms with E-state index in [1.807, 2.05) is 0 Å². The van der Waals surface area contributed by atoms with Crippen LogP contribution in [0.25, 0.3) is 33.4 Å². The van der Waals surface area contributed by atoms with E-state index in [1.54, 1.807) is 26.8 Å². The first-order chi connectivity index (χ1) is 36.2. The van der Waals surface area contributed by atoms with Gasteiger partial charge in [0, 0.05) is 51.2 Å². The summed E-state index contributed by atoms with van der Waals surface area (Å²) in [5, 5.41) is 66.8. The van der Waals surface area contributed by atoms with Gasteiger partial charge in [-0.05, 0) is 99.7 Å². The summed E-state index contributed by atoms with van der Waals surface area (Å²) in [6, 6.07) is 17.7. The number of carbonyl (C=O) groups excluding carboxylic acids is 2. The molecule has 0 spiro atoms. The number of sulfonamides is 2. The first-order valence-corrected chi connectivity index (χ1v) is 28.1. The van der Waals surface area contributed by atoms with E-state index in [2.05, 4.69) is 25.8 Å². The number of hydrogen-bond acceptors (Lipinski definition) is 20. The summed E-state index contributed by atoms with van der Waals surface area (Å²) in [6.07, 6.45) is 0. The molecule has 1 aliphatic carbocycles. The summed E-state index contributed by atoms with van der Waals surface area (Å²) < 4.78 is 144. The van der Waals surface area contributed by atoms with Gasteiger partial charge >= 0.3 is 75.4 Å². The third kappa shape index (κ3) is 13.2. The molecule has 0 atom stereocenters. The second kappa shape index (κ2) is 24.9. The smallest absolute Gasteiger partial charge is 0.744 e. The fourth-order valence-corrected chi connectivity index (χ4v) is 12.9. The van der Waals surface area contributed by atoms with Crippen LogP contribution in [0.5, 0.6) is 23.0 Å². The minimum atomic E-state index is -5.51. The molecule has 1 heterocycles. The van der Waals surface area contributed by atoms with E-state index in [4.69, 9.17) is 4.42 Å². The summed E-state index contributed by atoms with van der Waals surface area (Å²) in [4.78, 5) is 22.6. The number of nitrogens with one attached hydrogen (secondary N) is 4. The van der Waals surface area contributed by atoms with Crippen LogP contribution in [0, 0.1) is 47.6 Å². The van der Waals surface area contributed by atoms with E-state index in [0.717, 1.165) is 18.2 Å². The average Bonchev–Trinajstić information content (AvgIpc) is 3.51. The quantitative estimate of drug-likeness (QED) is 0.0217. The predicted molar refractivity (Wildman–Crippen MR) is 271 cm³/mol. The van der Waals surface area contributed by atoms with Gasteiger partial charge in [0.1, 0.15) is 63.7 Å². The van der Waals surface area contributed by atoms with Crippen LogP contribution in [0.15, 0.2) is 109 Å². The SMILES string of the molecule is Cc1cc(C)c(NS(=O)(=O)c2cc(C(=O)[O-])c(O)cc2O)c(C)c1Nc1[c-]cc2c(-c3ccccc3S(=O)(=O)[O-])c3cc(S(=O)(=O)[O-])c(=[NH+]c4c(C)cc(C)c(NS(=O)(=O)c5cc(C(=O)[O-])c(O)cc5O)c4C)cc-3oc2c1.[Li+].[Li+].[Li+].[Li+]. The molecule has 0 saturated heterocycles. The Morgan fingerprint density at radius 2 is 1.02 bits per heavy atom. The largest absolute Gasteiger partial charge is 1.00 e.